The quantitative estimate of drug-likeness (QED) is 0.0358. The van der Waals surface area contributed by atoms with Crippen molar-refractivity contribution in [1.82, 2.24) is 0 Å². The third-order valence-corrected chi connectivity index (χ3v) is 22.7. The fourth-order valence-corrected chi connectivity index (χ4v) is 15.7. The van der Waals surface area contributed by atoms with Gasteiger partial charge in [-0.1, -0.05) is 258 Å². The molecule has 92 heavy (non-hydrogen) atoms. The average Bonchev–Trinajstić information content (AvgIpc) is 1.61. The molecular weight excluding hydrogens is 1160 g/mol. The number of nitrogens with zero attached hydrogens (tertiary/aromatic N) is 2. The summed E-state index contributed by atoms with van der Waals surface area (Å²) in [5, 5.41) is 2.87. The summed E-state index contributed by atoms with van der Waals surface area (Å²) in [6.45, 7) is 22.1. The fourth-order valence-electron chi connectivity index (χ4n) is 14.5. The molecule has 0 atom stereocenters. The zero-order valence-electron chi connectivity index (χ0n) is 64.1. The molecule has 1 heterocycles. The van der Waals surface area contributed by atoms with Crippen LogP contribution in [0.2, 0.25) is 10.8 Å². The van der Waals surface area contributed by atoms with Crippen molar-refractivity contribution in [3.63, 3.8) is 0 Å². The Morgan fingerprint density at radius 2 is 0.435 bits per heavy atom. The summed E-state index contributed by atoms with van der Waals surface area (Å²) in [5.74, 6) is 0. The monoisotopic (exact) mass is 1320 g/mol. The predicted octanol–water partition coefficient (Wildman–Crippen LogP) is 32.5. The van der Waals surface area contributed by atoms with Gasteiger partial charge < -0.3 is 5.53 Å². The Kier molecular flexibility index (Phi) is 58.5. The van der Waals surface area contributed by atoms with Gasteiger partial charge in [-0.05, 0) is 119 Å². The van der Waals surface area contributed by atoms with Gasteiger partial charge in [-0.15, -0.1) is 0 Å². The second-order valence-corrected chi connectivity index (χ2v) is 31.4. The van der Waals surface area contributed by atoms with Crippen LogP contribution in [0.4, 0.5) is 0 Å². The van der Waals surface area contributed by atoms with Crippen LogP contribution in [0.3, 0.4) is 0 Å². The molecule has 0 spiro atoms. The second-order valence-electron chi connectivity index (χ2n) is 30.0. The van der Waals surface area contributed by atoms with Gasteiger partial charge in [-0.25, -0.2) is 4.70 Å². The second kappa shape index (κ2) is 62.5. The van der Waals surface area contributed by atoms with Crippen LogP contribution in [0.1, 0.15) is 464 Å². The van der Waals surface area contributed by atoms with Crippen LogP contribution in [0.5, 0.6) is 0 Å². The Morgan fingerprint density at radius 3 is 0.652 bits per heavy atom. The Balaban J connectivity index is 0.000000729. The number of allylic oxidation sites excluding steroid dienone is 2. The SMILES string of the molecule is CCCCCCCCC1=C(c2cc(C)c(C)c(C)c2)[N+](=[N-])C(c2cc(C)c(C)c(C)c2)=C1C.CCCCCCCCCCCCCCCCCCCCCCCCCCCC[CH2][Ni][CH2]CCCCCCCCCCCCCCCCCCCCCCCCCCCC. The van der Waals surface area contributed by atoms with Crippen molar-refractivity contribution < 1.29 is 19.1 Å². The van der Waals surface area contributed by atoms with E-state index < -0.39 is 0 Å². The molecule has 1 aliphatic heterocycles. The van der Waals surface area contributed by atoms with Crippen LogP contribution in [0.15, 0.2) is 35.4 Å². The third kappa shape index (κ3) is 44.8. The first kappa shape index (κ1) is 86.1. The van der Waals surface area contributed by atoms with E-state index in [1.165, 1.54) is 439 Å². The molecule has 2 aromatic carbocycles. The zero-order chi connectivity index (χ0) is 66.6. The Hall–Kier alpha value is -1.99. The van der Waals surface area contributed by atoms with Crippen molar-refractivity contribution in [2.75, 3.05) is 0 Å². The molecule has 0 radical (unpaired) electrons. The van der Waals surface area contributed by atoms with Gasteiger partial charge in [0.2, 0.25) is 11.4 Å². The van der Waals surface area contributed by atoms with Crippen molar-refractivity contribution >= 4 is 11.4 Å². The summed E-state index contributed by atoms with van der Waals surface area (Å²) in [6.07, 6.45) is 88.8. The van der Waals surface area contributed by atoms with Gasteiger partial charge in [0.25, 0.3) is 0 Å². The first-order chi connectivity index (χ1) is 45.1. The van der Waals surface area contributed by atoms with Crippen molar-refractivity contribution in [1.29, 1.82) is 0 Å². The molecule has 0 saturated carbocycles. The summed E-state index contributed by atoms with van der Waals surface area (Å²) in [7, 11) is 0. The Bertz CT molecular complexity index is 1990. The first-order valence-corrected chi connectivity index (χ1v) is 43.0. The van der Waals surface area contributed by atoms with Crippen molar-refractivity contribution in [2.45, 2.75) is 472 Å². The van der Waals surface area contributed by atoms with Gasteiger partial charge in [-0.3, -0.25) is 0 Å². The standard InChI is InChI=1S/C31H42N2.2C29H59.Ni/c1-9-10-11-12-13-14-15-29-26(8)30(27-16-20(2)24(6)21(3)17-27)33(32)31(29)28-18-22(4)25(7)23(5)19-28;2*1-3-5-7-9-11-13-15-17-19-21-23-25-27-29-28-26-24-22-20-18-16-14-12-10-8-6-4-2;/h16-19H,9-15H2,1-8H3;2*1,3-29H2,2H3;. The molecule has 2 aromatic rings. The minimum Gasteiger partial charge on any atom is -0.0654 e. The van der Waals surface area contributed by atoms with E-state index in [-0.39, 0.29) is 0 Å². The van der Waals surface area contributed by atoms with E-state index >= 15 is 0 Å². The number of rotatable bonds is 65. The number of aryl methyl sites for hydroxylation is 4. The van der Waals surface area contributed by atoms with E-state index in [1.807, 2.05) is 0 Å². The molecule has 0 unspecified atom stereocenters. The topological polar surface area (TPSA) is 25.3 Å². The number of hydrogen-bond acceptors (Lipinski definition) is 0. The Labute approximate surface area is 584 Å². The summed E-state index contributed by atoms with van der Waals surface area (Å²) >= 11 is 2.05. The molecule has 3 heteroatoms. The molecule has 3 rings (SSSR count). The molecular formula is C89H160N2Ni. The van der Waals surface area contributed by atoms with Crippen LogP contribution < -0.4 is 0 Å². The van der Waals surface area contributed by atoms with Crippen molar-refractivity contribution in [3.05, 3.63) is 85.5 Å². The van der Waals surface area contributed by atoms with E-state index in [2.05, 4.69) is 108 Å². The predicted molar refractivity (Wildman–Crippen MR) is 413 cm³/mol. The number of hydrogen-bond donors (Lipinski definition) is 0. The summed E-state index contributed by atoms with van der Waals surface area (Å²) < 4.78 is 1.48. The molecule has 536 valence electrons. The summed E-state index contributed by atoms with van der Waals surface area (Å²) in [5.41, 5.74) is 26.0. The van der Waals surface area contributed by atoms with E-state index in [4.69, 9.17) is 0 Å². The molecule has 0 N–H and O–H groups in total. The van der Waals surface area contributed by atoms with E-state index in [1.54, 1.807) is 0 Å². The van der Waals surface area contributed by atoms with Gasteiger partial charge >= 0.3 is 166 Å². The van der Waals surface area contributed by atoms with Gasteiger partial charge in [0.05, 0.1) is 0 Å². The fraction of sp³-hybridized carbons (Fsp3) is 0.820. The molecule has 2 nitrogen and oxygen atoms in total. The summed E-state index contributed by atoms with van der Waals surface area (Å²) in [4.78, 5) is 0. The molecule has 0 fully saturated rings. The van der Waals surface area contributed by atoms with Crippen LogP contribution >= 0.6 is 0 Å². The van der Waals surface area contributed by atoms with Crippen molar-refractivity contribution in [2.24, 2.45) is 0 Å². The number of unbranched alkanes of at least 4 members (excludes halogenated alkanes) is 57. The minimum atomic E-state index is 0.938. The van der Waals surface area contributed by atoms with Crippen LogP contribution in [0, 0.1) is 41.5 Å². The van der Waals surface area contributed by atoms with E-state index in [0.29, 0.717) is 0 Å². The number of benzene rings is 2. The smallest absolute Gasteiger partial charge is 0.0654 e. The molecule has 0 aliphatic carbocycles. The average molecular weight is 1320 g/mol. The zero-order valence-corrected chi connectivity index (χ0v) is 65.1. The van der Waals surface area contributed by atoms with Gasteiger partial charge in [0, 0.05) is 22.3 Å². The molecule has 0 bridgehead atoms. The maximum absolute atomic E-state index is 11.6. The van der Waals surface area contributed by atoms with Gasteiger partial charge in [-0.2, -0.15) is 0 Å². The minimum absolute atomic E-state index is 0.938. The molecule has 1 aliphatic rings. The molecule has 0 amide bonds. The summed E-state index contributed by atoms with van der Waals surface area (Å²) in [6, 6.07) is 8.93. The maximum atomic E-state index is 11.6. The van der Waals surface area contributed by atoms with Gasteiger partial charge in [0.1, 0.15) is 0 Å². The third-order valence-electron chi connectivity index (χ3n) is 21.4. The van der Waals surface area contributed by atoms with Crippen LogP contribution in [0.25, 0.3) is 16.9 Å². The van der Waals surface area contributed by atoms with E-state index in [9.17, 15) is 5.53 Å². The normalized spacial score (nSPS) is 12.6. The molecule has 0 saturated heterocycles. The van der Waals surface area contributed by atoms with Gasteiger partial charge in [0.15, 0.2) is 0 Å². The van der Waals surface area contributed by atoms with Crippen LogP contribution in [-0.2, 0) is 14.4 Å². The van der Waals surface area contributed by atoms with Crippen molar-refractivity contribution in [3.8, 4) is 0 Å². The van der Waals surface area contributed by atoms with Crippen LogP contribution in [-0.4, -0.2) is 4.70 Å². The first-order valence-electron chi connectivity index (χ1n) is 41.6. The Morgan fingerprint density at radius 1 is 0.250 bits per heavy atom. The van der Waals surface area contributed by atoms with E-state index in [0.717, 1.165) is 35.4 Å². The molecule has 0 aromatic heterocycles.